The lowest BCUT2D eigenvalue weighted by atomic mass is 10.2. The number of carbonyl (C=O) groups excluding carboxylic acids is 1. The number of hydrogen-bond donors (Lipinski definition) is 1. The summed E-state index contributed by atoms with van der Waals surface area (Å²) < 4.78 is 31.1. The lowest BCUT2D eigenvalue weighted by molar-refractivity contribution is -0.385. The molecule has 0 heterocycles. The monoisotopic (exact) mass is 364 g/mol. The van der Waals surface area contributed by atoms with Crippen LogP contribution in [0.25, 0.3) is 0 Å². The molecule has 2 aromatic rings. The standard InChI is InChI=1S/C16H16N2O6S/c1-2-17-25(22,23)14-9-7-12(8-10-14)16(19)24-11-13-5-3-4-6-15(13)18(20)21/h3-10,17H,2,11H2,1H3. The zero-order chi connectivity index (χ0) is 18.4. The van der Waals surface area contributed by atoms with Crippen molar-refractivity contribution in [2.75, 3.05) is 6.54 Å². The first-order valence-corrected chi connectivity index (χ1v) is 8.82. The number of nitrogens with zero attached hydrogens (tertiary/aromatic N) is 1. The van der Waals surface area contributed by atoms with E-state index in [2.05, 4.69) is 4.72 Å². The number of hydrogen-bond acceptors (Lipinski definition) is 6. The highest BCUT2D eigenvalue weighted by Gasteiger charge is 2.16. The number of ether oxygens (including phenoxy) is 1. The quantitative estimate of drug-likeness (QED) is 0.458. The predicted octanol–water partition coefficient (Wildman–Crippen LogP) is 2.25. The molecule has 0 atom stereocenters. The summed E-state index contributed by atoms with van der Waals surface area (Å²) in [4.78, 5) is 22.4. The first-order chi connectivity index (χ1) is 11.8. The van der Waals surface area contributed by atoms with Gasteiger partial charge in [-0.15, -0.1) is 0 Å². The van der Waals surface area contributed by atoms with Crippen LogP contribution >= 0.6 is 0 Å². The number of sulfonamides is 1. The average molecular weight is 364 g/mol. The zero-order valence-corrected chi connectivity index (χ0v) is 14.2. The van der Waals surface area contributed by atoms with Crippen molar-refractivity contribution in [1.82, 2.24) is 4.72 Å². The molecule has 0 aliphatic heterocycles. The van der Waals surface area contributed by atoms with Gasteiger partial charge in [0.05, 0.1) is 20.9 Å². The van der Waals surface area contributed by atoms with E-state index in [9.17, 15) is 23.3 Å². The van der Waals surface area contributed by atoms with Crippen LogP contribution in [0.2, 0.25) is 0 Å². The molecule has 0 unspecified atom stereocenters. The molecule has 2 rings (SSSR count). The van der Waals surface area contributed by atoms with Crippen molar-refractivity contribution in [3.05, 3.63) is 69.8 Å². The molecule has 25 heavy (non-hydrogen) atoms. The summed E-state index contributed by atoms with van der Waals surface area (Å²) in [6, 6.07) is 11.2. The lowest BCUT2D eigenvalue weighted by Crippen LogP contribution is -2.23. The van der Waals surface area contributed by atoms with E-state index >= 15 is 0 Å². The molecule has 0 spiro atoms. The summed E-state index contributed by atoms with van der Waals surface area (Å²) in [6.07, 6.45) is 0. The maximum Gasteiger partial charge on any atom is 0.338 e. The summed E-state index contributed by atoms with van der Waals surface area (Å²) in [6.45, 7) is 1.65. The summed E-state index contributed by atoms with van der Waals surface area (Å²) in [7, 11) is -3.60. The van der Waals surface area contributed by atoms with Crippen LogP contribution < -0.4 is 4.72 Å². The molecular formula is C16H16N2O6S. The van der Waals surface area contributed by atoms with E-state index in [0.717, 1.165) is 0 Å². The molecular weight excluding hydrogens is 348 g/mol. The Morgan fingerprint density at radius 2 is 1.80 bits per heavy atom. The highest BCUT2D eigenvalue weighted by atomic mass is 32.2. The number of carbonyl (C=O) groups is 1. The van der Waals surface area contributed by atoms with Crippen LogP contribution in [0.15, 0.2) is 53.4 Å². The maximum atomic E-state index is 12.0. The van der Waals surface area contributed by atoms with Crippen molar-refractivity contribution in [3.8, 4) is 0 Å². The number of nitrogens with one attached hydrogen (secondary N) is 1. The summed E-state index contributed by atoms with van der Waals surface area (Å²) in [5.41, 5.74) is 0.281. The number of esters is 1. The number of benzene rings is 2. The van der Waals surface area contributed by atoms with Crippen LogP contribution in [0, 0.1) is 10.1 Å². The van der Waals surface area contributed by atoms with Crippen molar-refractivity contribution < 1.29 is 22.9 Å². The topological polar surface area (TPSA) is 116 Å². The van der Waals surface area contributed by atoms with E-state index < -0.39 is 20.9 Å². The molecule has 0 saturated heterocycles. The van der Waals surface area contributed by atoms with E-state index in [0.29, 0.717) is 0 Å². The molecule has 9 heteroatoms. The average Bonchev–Trinajstić information content (AvgIpc) is 2.60. The predicted molar refractivity (Wildman–Crippen MR) is 89.5 cm³/mol. The van der Waals surface area contributed by atoms with Gasteiger partial charge in [0.2, 0.25) is 10.0 Å². The fourth-order valence-corrected chi connectivity index (χ4v) is 3.12. The van der Waals surface area contributed by atoms with Gasteiger partial charge in [0.25, 0.3) is 5.69 Å². The zero-order valence-electron chi connectivity index (χ0n) is 13.3. The third-order valence-corrected chi connectivity index (χ3v) is 4.84. The Morgan fingerprint density at radius 3 is 2.40 bits per heavy atom. The molecule has 1 N–H and O–H groups in total. The molecule has 0 saturated carbocycles. The number of nitro benzene ring substituents is 1. The molecule has 132 valence electrons. The molecule has 0 fully saturated rings. The molecule has 0 aromatic heterocycles. The number of para-hydroxylation sites is 1. The Hall–Kier alpha value is -2.78. The van der Waals surface area contributed by atoms with Gasteiger partial charge in [-0.25, -0.2) is 17.9 Å². The second kappa shape index (κ2) is 7.86. The van der Waals surface area contributed by atoms with Gasteiger partial charge >= 0.3 is 5.97 Å². The highest BCUT2D eigenvalue weighted by molar-refractivity contribution is 7.89. The summed E-state index contributed by atoms with van der Waals surface area (Å²) in [5, 5.41) is 10.9. The number of rotatable bonds is 7. The van der Waals surface area contributed by atoms with Gasteiger partial charge in [-0.1, -0.05) is 19.1 Å². The summed E-state index contributed by atoms with van der Waals surface area (Å²) in [5.74, 6) is -0.703. The first-order valence-electron chi connectivity index (χ1n) is 7.34. The Kier molecular flexibility index (Phi) is 5.84. The van der Waals surface area contributed by atoms with Gasteiger partial charge in [0.15, 0.2) is 0 Å². The van der Waals surface area contributed by atoms with Gasteiger partial charge in [-0.2, -0.15) is 0 Å². The van der Waals surface area contributed by atoms with Crippen molar-refractivity contribution >= 4 is 21.7 Å². The third-order valence-electron chi connectivity index (χ3n) is 3.28. The van der Waals surface area contributed by atoms with E-state index in [1.54, 1.807) is 13.0 Å². The second-order valence-electron chi connectivity index (χ2n) is 4.99. The van der Waals surface area contributed by atoms with Crippen LogP contribution in [0.4, 0.5) is 5.69 Å². The fraction of sp³-hybridized carbons (Fsp3) is 0.188. The van der Waals surface area contributed by atoms with Crippen molar-refractivity contribution in [2.45, 2.75) is 18.4 Å². The molecule has 0 aliphatic rings. The normalized spacial score (nSPS) is 11.1. The van der Waals surface area contributed by atoms with Crippen LogP contribution in [0.3, 0.4) is 0 Å². The van der Waals surface area contributed by atoms with Crippen molar-refractivity contribution in [3.63, 3.8) is 0 Å². The molecule has 0 bridgehead atoms. The molecule has 0 amide bonds. The van der Waals surface area contributed by atoms with Crippen LogP contribution in [0.5, 0.6) is 0 Å². The minimum atomic E-state index is -3.60. The van der Waals surface area contributed by atoms with Crippen molar-refractivity contribution in [1.29, 1.82) is 0 Å². The molecule has 0 radical (unpaired) electrons. The molecule has 0 aliphatic carbocycles. The minimum Gasteiger partial charge on any atom is -0.457 e. The highest BCUT2D eigenvalue weighted by Crippen LogP contribution is 2.19. The van der Waals surface area contributed by atoms with Crippen molar-refractivity contribution in [2.24, 2.45) is 0 Å². The van der Waals surface area contributed by atoms with Gasteiger partial charge < -0.3 is 4.74 Å². The second-order valence-corrected chi connectivity index (χ2v) is 6.75. The van der Waals surface area contributed by atoms with E-state index in [1.165, 1.54) is 42.5 Å². The summed E-state index contributed by atoms with van der Waals surface area (Å²) >= 11 is 0. The maximum absolute atomic E-state index is 12.0. The SMILES string of the molecule is CCNS(=O)(=O)c1ccc(C(=O)OCc2ccccc2[N+](=O)[O-])cc1. The lowest BCUT2D eigenvalue weighted by Gasteiger charge is -2.07. The smallest absolute Gasteiger partial charge is 0.338 e. The van der Waals surface area contributed by atoms with E-state index in [4.69, 9.17) is 4.74 Å². The van der Waals surface area contributed by atoms with Crippen LogP contribution in [-0.2, 0) is 21.4 Å². The Morgan fingerprint density at radius 1 is 1.16 bits per heavy atom. The Labute approximate surface area is 144 Å². The largest absolute Gasteiger partial charge is 0.457 e. The first kappa shape index (κ1) is 18.6. The molecule has 2 aromatic carbocycles. The Balaban J connectivity index is 2.08. The van der Waals surface area contributed by atoms with E-state index in [-0.39, 0.29) is 34.9 Å². The minimum absolute atomic E-state index is 0.0320. The Bertz CT molecular complexity index is 878. The van der Waals surface area contributed by atoms with Gasteiger partial charge in [0, 0.05) is 12.6 Å². The molecule has 8 nitrogen and oxygen atoms in total. The van der Waals surface area contributed by atoms with Crippen LogP contribution in [-0.4, -0.2) is 25.9 Å². The van der Waals surface area contributed by atoms with Gasteiger partial charge in [-0.05, 0) is 30.3 Å². The number of nitro groups is 1. The van der Waals surface area contributed by atoms with E-state index in [1.807, 2.05) is 0 Å². The van der Waals surface area contributed by atoms with Gasteiger partial charge in [-0.3, -0.25) is 10.1 Å². The fourth-order valence-electron chi connectivity index (χ4n) is 2.08. The van der Waals surface area contributed by atoms with Crippen LogP contribution in [0.1, 0.15) is 22.8 Å². The van der Waals surface area contributed by atoms with Gasteiger partial charge in [0.1, 0.15) is 6.61 Å². The third kappa shape index (κ3) is 4.61.